The molecule has 0 heterocycles. The van der Waals surface area contributed by atoms with Gasteiger partial charge >= 0.3 is 0 Å². The molecule has 0 aliphatic heterocycles. The van der Waals surface area contributed by atoms with E-state index in [1.807, 2.05) is 0 Å². The number of carbonyl (C=O) groups is 4. The second-order valence-corrected chi connectivity index (χ2v) is 6.69. The van der Waals surface area contributed by atoms with E-state index in [-0.39, 0.29) is 55.0 Å². The van der Waals surface area contributed by atoms with Crippen LogP contribution < -0.4 is 15.4 Å². The highest BCUT2D eigenvalue weighted by Gasteiger charge is 2.24. The predicted molar refractivity (Wildman–Crippen MR) is 103 cm³/mol. The number of ether oxygens (including phenoxy) is 1. The van der Waals surface area contributed by atoms with Crippen molar-refractivity contribution in [2.24, 2.45) is 5.92 Å². The Bertz CT molecular complexity index is 667. The van der Waals surface area contributed by atoms with Crippen molar-refractivity contribution < 1.29 is 23.9 Å². The summed E-state index contributed by atoms with van der Waals surface area (Å²) in [7, 11) is 1.56. The number of Topliss-reactive ketones (excluding diaryl/α,β-unsaturated/α-hetero) is 2. The van der Waals surface area contributed by atoms with Gasteiger partial charge in [0.25, 0.3) is 0 Å². The zero-order chi connectivity index (χ0) is 20.4. The van der Waals surface area contributed by atoms with Gasteiger partial charge < -0.3 is 20.2 Å². The van der Waals surface area contributed by atoms with Crippen molar-refractivity contribution in [1.82, 2.24) is 5.32 Å². The lowest BCUT2D eigenvalue weighted by Crippen LogP contribution is -2.43. The Balaban J connectivity index is 2.60. The van der Waals surface area contributed by atoms with Gasteiger partial charge in [-0.15, -0.1) is 0 Å². The third kappa shape index (κ3) is 8.48. The van der Waals surface area contributed by atoms with Gasteiger partial charge in [-0.2, -0.15) is 0 Å². The van der Waals surface area contributed by atoms with Gasteiger partial charge in [0.1, 0.15) is 11.5 Å². The number of benzene rings is 1. The molecule has 1 aromatic carbocycles. The van der Waals surface area contributed by atoms with E-state index < -0.39 is 6.04 Å². The molecule has 0 spiro atoms. The van der Waals surface area contributed by atoms with Crippen molar-refractivity contribution in [1.29, 1.82) is 0 Å². The van der Waals surface area contributed by atoms with Gasteiger partial charge in [0, 0.05) is 30.9 Å². The third-order valence-electron chi connectivity index (χ3n) is 3.99. The standard InChI is InChI=1S/C20H28N2O5/c1-13(2)20(26)17(22-19(25)11-5-14(3)23)10-12-18(24)21-15-6-8-16(27-4)9-7-15/h6-9,13,17H,5,10-12H2,1-4H3,(H,21,24)(H,22,25). The maximum absolute atomic E-state index is 12.3. The molecule has 2 amide bonds. The van der Waals surface area contributed by atoms with Crippen molar-refractivity contribution >= 4 is 29.1 Å². The van der Waals surface area contributed by atoms with E-state index in [1.165, 1.54) is 6.92 Å². The molecule has 0 fully saturated rings. The zero-order valence-corrected chi connectivity index (χ0v) is 16.3. The summed E-state index contributed by atoms with van der Waals surface area (Å²) in [5.74, 6) is -0.421. The van der Waals surface area contributed by atoms with E-state index in [2.05, 4.69) is 10.6 Å². The molecular weight excluding hydrogens is 348 g/mol. The van der Waals surface area contributed by atoms with Crippen LogP contribution in [-0.2, 0) is 19.2 Å². The Morgan fingerprint density at radius 1 is 0.963 bits per heavy atom. The lowest BCUT2D eigenvalue weighted by Gasteiger charge is -2.19. The quantitative estimate of drug-likeness (QED) is 0.618. The van der Waals surface area contributed by atoms with Crippen LogP contribution in [0.15, 0.2) is 24.3 Å². The lowest BCUT2D eigenvalue weighted by molar-refractivity contribution is -0.130. The minimum absolute atomic E-state index is 0.0370. The van der Waals surface area contributed by atoms with Crippen molar-refractivity contribution in [3.8, 4) is 5.75 Å². The number of hydrogen-bond donors (Lipinski definition) is 2. The molecular formula is C20H28N2O5. The molecule has 1 atom stereocenters. The highest BCUT2D eigenvalue weighted by Crippen LogP contribution is 2.16. The zero-order valence-electron chi connectivity index (χ0n) is 16.3. The molecule has 1 unspecified atom stereocenters. The van der Waals surface area contributed by atoms with Crippen LogP contribution >= 0.6 is 0 Å². The van der Waals surface area contributed by atoms with Crippen LogP contribution in [0.3, 0.4) is 0 Å². The number of hydrogen-bond acceptors (Lipinski definition) is 5. The number of nitrogens with one attached hydrogen (secondary N) is 2. The molecule has 2 N–H and O–H groups in total. The number of rotatable bonds is 11. The van der Waals surface area contributed by atoms with Gasteiger partial charge in [0.15, 0.2) is 5.78 Å². The first-order valence-electron chi connectivity index (χ1n) is 8.99. The minimum Gasteiger partial charge on any atom is -0.497 e. The number of carbonyl (C=O) groups excluding carboxylic acids is 4. The van der Waals surface area contributed by atoms with Crippen LogP contribution in [0, 0.1) is 5.92 Å². The molecule has 148 valence electrons. The molecule has 1 aromatic rings. The fourth-order valence-corrected chi connectivity index (χ4v) is 2.42. The molecule has 7 nitrogen and oxygen atoms in total. The third-order valence-corrected chi connectivity index (χ3v) is 3.99. The number of amides is 2. The van der Waals surface area contributed by atoms with E-state index in [9.17, 15) is 19.2 Å². The summed E-state index contributed by atoms with van der Waals surface area (Å²) in [5, 5.41) is 5.40. The molecule has 7 heteroatoms. The van der Waals surface area contributed by atoms with Crippen LogP contribution in [0.1, 0.15) is 46.5 Å². The predicted octanol–water partition coefficient (Wildman–Crippen LogP) is 2.49. The monoisotopic (exact) mass is 376 g/mol. The van der Waals surface area contributed by atoms with Gasteiger partial charge in [-0.05, 0) is 37.6 Å². The number of anilines is 1. The summed E-state index contributed by atoms with van der Waals surface area (Å²) < 4.78 is 5.06. The van der Waals surface area contributed by atoms with Gasteiger partial charge in [-0.1, -0.05) is 13.8 Å². The summed E-state index contributed by atoms with van der Waals surface area (Å²) in [6.45, 7) is 4.90. The molecule has 1 rings (SSSR count). The Labute approximate surface area is 159 Å². The van der Waals surface area contributed by atoms with Crippen molar-refractivity contribution in [3.63, 3.8) is 0 Å². The van der Waals surface area contributed by atoms with Gasteiger partial charge in [-0.25, -0.2) is 0 Å². The van der Waals surface area contributed by atoms with E-state index in [0.29, 0.717) is 11.4 Å². The first-order valence-corrected chi connectivity index (χ1v) is 8.99. The fraction of sp³-hybridized carbons (Fsp3) is 0.500. The van der Waals surface area contributed by atoms with Crippen molar-refractivity contribution in [2.45, 2.75) is 52.5 Å². The Hall–Kier alpha value is -2.70. The second-order valence-electron chi connectivity index (χ2n) is 6.69. The Morgan fingerprint density at radius 2 is 1.59 bits per heavy atom. The van der Waals surface area contributed by atoms with E-state index >= 15 is 0 Å². The summed E-state index contributed by atoms with van der Waals surface area (Å²) in [6.07, 6.45) is 0.453. The average Bonchev–Trinajstić information content (AvgIpc) is 2.63. The van der Waals surface area contributed by atoms with Crippen LogP contribution in [-0.4, -0.2) is 36.5 Å². The molecule has 0 saturated carbocycles. The van der Waals surface area contributed by atoms with E-state index in [4.69, 9.17) is 4.74 Å². The maximum atomic E-state index is 12.3. The highest BCUT2D eigenvalue weighted by molar-refractivity contribution is 5.93. The number of ketones is 2. The maximum Gasteiger partial charge on any atom is 0.224 e. The smallest absolute Gasteiger partial charge is 0.224 e. The largest absolute Gasteiger partial charge is 0.497 e. The molecule has 27 heavy (non-hydrogen) atoms. The van der Waals surface area contributed by atoms with Gasteiger partial charge in [-0.3, -0.25) is 14.4 Å². The first kappa shape index (κ1) is 22.3. The Morgan fingerprint density at radius 3 is 2.11 bits per heavy atom. The second kappa shape index (κ2) is 11.1. The fourth-order valence-electron chi connectivity index (χ4n) is 2.42. The molecule has 0 radical (unpaired) electrons. The average molecular weight is 376 g/mol. The Kier molecular flexibility index (Phi) is 9.19. The molecule has 0 aromatic heterocycles. The topological polar surface area (TPSA) is 102 Å². The van der Waals surface area contributed by atoms with Crippen LogP contribution in [0.25, 0.3) is 0 Å². The summed E-state index contributed by atoms with van der Waals surface area (Å²) >= 11 is 0. The van der Waals surface area contributed by atoms with E-state index in [1.54, 1.807) is 45.2 Å². The molecule has 0 aliphatic carbocycles. The van der Waals surface area contributed by atoms with Crippen molar-refractivity contribution in [3.05, 3.63) is 24.3 Å². The normalized spacial score (nSPS) is 11.6. The van der Waals surface area contributed by atoms with Gasteiger partial charge in [0.2, 0.25) is 11.8 Å². The number of methoxy groups -OCH3 is 1. The SMILES string of the molecule is COc1ccc(NC(=O)CCC(NC(=O)CCC(C)=O)C(=O)C(C)C)cc1. The summed E-state index contributed by atoms with van der Waals surface area (Å²) in [4.78, 5) is 47.4. The van der Waals surface area contributed by atoms with E-state index in [0.717, 1.165) is 0 Å². The van der Waals surface area contributed by atoms with Crippen LogP contribution in [0.5, 0.6) is 5.75 Å². The molecule has 0 saturated heterocycles. The summed E-state index contributed by atoms with van der Waals surface area (Å²) in [6, 6.07) is 6.16. The first-order chi connectivity index (χ1) is 12.7. The minimum atomic E-state index is -0.744. The molecule has 0 bridgehead atoms. The lowest BCUT2D eigenvalue weighted by atomic mass is 9.97. The van der Waals surface area contributed by atoms with Crippen LogP contribution in [0.2, 0.25) is 0 Å². The van der Waals surface area contributed by atoms with Crippen molar-refractivity contribution in [2.75, 3.05) is 12.4 Å². The van der Waals surface area contributed by atoms with Gasteiger partial charge in [0.05, 0.1) is 13.2 Å². The summed E-state index contributed by atoms with van der Waals surface area (Å²) in [5.41, 5.74) is 0.623. The molecule has 0 aliphatic rings. The highest BCUT2D eigenvalue weighted by atomic mass is 16.5. The van der Waals surface area contributed by atoms with Crippen LogP contribution in [0.4, 0.5) is 5.69 Å².